The van der Waals surface area contributed by atoms with Gasteiger partial charge in [0, 0.05) is 49.3 Å². The molecule has 0 amide bonds. The van der Waals surface area contributed by atoms with Crippen LogP contribution in [0.2, 0.25) is 0 Å². The first-order valence-corrected chi connectivity index (χ1v) is 9.10. The second kappa shape index (κ2) is 7.09. The maximum Gasteiger partial charge on any atom is 0.229 e. The zero-order valence-electron chi connectivity index (χ0n) is 15.8. The van der Waals surface area contributed by atoms with Crippen LogP contribution in [0.4, 0.5) is 11.6 Å². The molecule has 0 unspecified atom stereocenters. The Labute approximate surface area is 158 Å². The summed E-state index contributed by atoms with van der Waals surface area (Å²) in [6.07, 6.45) is 3.54. The molecule has 1 saturated heterocycles. The van der Waals surface area contributed by atoms with Gasteiger partial charge >= 0.3 is 0 Å². The topological polar surface area (TPSA) is 79.1 Å². The van der Waals surface area contributed by atoms with Gasteiger partial charge in [0.2, 0.25) is 5.95 Å². The number of hydrogen-bond acceptors (Lipinski definition) is 6. The van der Waals surface area contributed by atoms with Crippen molar-refractivity contribution in [3.8, 4) is 5.82 Å². The first-order chi connectivity index (χ1) is 13.0. The van der Waals surface area contributed by atoms with Gasteiger partial charge in [-0.05, 0) is 44.0 Å². The molecule has 3 heterocycles. The molecule has 0 saturated carbocycles. The molecule has 140 valence electrons. The predicted octanol–water partition coefficient (Wildman–Crippen LogP) is 2.51. The molecule has 0 bridgehead atoms. The second-order valence-corrected chi connectivity index (χ2v) is 7.27. The Kier molecular flexibility index (Phi) is 4.63. The van der Waals surface area contributed by atoms with E-state index in [2.05, 4.69) is 57.3 Å². The lowest BCUT2D eigenvalue weighted by atomic mass is 10.1. The summed E-state index contributed by atoms with van der Waals surface area (Å²) < 4.78 is 1.79. The SMILES string of the molecule is Cc1cc(C)cc(Nc2nccc(-n3cc(CN4CC(O)C4)c(C)n3)n2)c1. The van der Waals surface area contributed by atoms with E-state index in [4.69, 9.17) is 0 Å². The Morgan fingerprint density at radius 2 is 1.89 bits per heavy atom. The molecule has 1 fully saturated rings. The van der Waals surface area contributed by atoms with Crippen LogP contribution in [-0.4, -0.2) is 48.9 Å². The molecular formula is C20H24N6O. The molecule has 4 rings (SSSR count). The molecule has 1 aliphatic rings. The lowest BCUT2D eigenvalue weighted by Gasteiger charge is -2.35. The summed E-state index contributed by atoms with van der Waals surface area (Å²) in [6.45, 7) is 8.38. The smallest absolute Gasteiger partial charge is 0.229 e. The van der Waals surface area contributed by atoms with Crippen LogP contribution < -0.4 is 5.32 Å². The average Bonchev–Trinajstić information content (AvgIpc) is 2.94. The maximum atomic E-state index is 9.45. The fraction of sp³-hybridized carbons (Fsp3) is 0.350. The number of likely N-dealkylation sites (tertiary alicyclic amines) is 1. The average molecular weight is 364 g/mol. The van der Waals surface area contributed by atoms with Crippen LogP contribution >= 0.6 is 0 Å². The highest BCUT2D eigenvalue weighted by Gasteiger charge is 2.25. The van der Waals surface area contributed by atoms with Gasteiger partial charge in [-0.15, -0.1) is 0 Å². The van der Waals surface area contributed by atoms with E-state index in [0.29, 0.717) is 5.95 Å². The molecule has 3 aromatic rings. The molecule has 0 radical (unpaired) electrons. The number of benzene rings is 1. The summed E-state index contributed by atoms with van der Waals surface area (Å²) in [5.41, 5.74) is 5.47. The van der Waals surface area contributed by atoms with E-state index in [9.17, 15) is 5.11 Å². The van der Waals surface area contributed by atoms with Crippen molar-refractivity contribution in [1.29, 1.82) is 0 Å². The molecule has 27 heavy (non-hydrogen) atoms. The molecule has 7 heteroatoms. The minimum Gasteiger partial charge on any atom is -0.390 e. The number of hydrogen-bond donors (Lipinski definition) is 2. The van der Waals surface area contributed by atoms with Gasteiger partial charge in [-0.1, -0.05) is 6.07 Å². The van der Waals surface area contributed by atoms with Crippen LogP contribution in [0.25, 0.3) is 5.82 Å². The highest BCUT2D eigenvalue weighted by Crippen LogP contribution is 2.19. The monoisotopic (exact) mass is 364 g/mol. The van der Waals surface area contributed by atoms with Gasteiger partial charge < -0.3 is 10.4 Å². The number of β-amino-alcohol motifs (C(OH)–C–C–N with tert-alkyl or cyclic N) is 1. The van der Waals surface area contributed by atoms with E-state index >= 15 is 0 Å². The van der Waals surface area contributed by atoms with Gasteiger partial charge in [0.1, 0.15) is 0 Å². The van der Waals surface area contributed by atoms with Gasteiger partial charge in [0.15, 0.2) is 5.82 Å². The molecule has 1 aliphatic heterocycles. The van der Waals surface area contributed by atoms with Crippen molar-refractivity contribution < 1.29 is 5.11 Å². The summed E-state index contributed by atoms with van der Waals surface area (Å²) in [4.78, 5) is 11.1. The van der Waals surface area contributed by atoms with Gasteiger partial charge in [-0.2, -0.15) is 10.1 Å². The van der Waals surface area contributed by atoms with Gasteiger partial charge in [-0.3, -0.25) is 4.90 Å². The molecule has 0 atom stereocenters. The van der Waals surface area contributed by atoms with Crippen molar-refractivity contribution in [3.63, 3.8) is 0 Å². The number of aryl methyl sites for hydroxylation is 3. The van der Waals surface area contributed by atoms with Crippen molar-refractivity contribution in [2.24, 2.45) is 0 Å². The van der Waals surface area contributed by atoms with E-state index in [1.165, 1.54) is 11.1 Å². The first-order valence-electron chi connectivity index (χ1n) is 9.10. The zero-order valence-corrected chi connectivity index (χ0v) is 15.8. The normalized spacial score (nSPS) is 15.0. The molecule has 1 aromatic carbocycles. The lowest BCUT2D eigenvalue weighted by molar-refractivity contribution is -0.00297. The van der Waals surface area contributed by atoms with Crippen LogP contribution in [0.1, 0.15) is 22.4 Å². The Balaban J connectivity index is 1.53. The molecular weight excluding hydrogens is 340 g/mol. The van der Waals surface area contributed by atoms with Crippen LogP contribution in [0.5, 0.6) is 0 Å². The second-order valence-electron chi connectivity index (χ2n) is 7.27. The molecule has 0 aliphatic carbocycles. The van der Waals surface area contributed by atoms with Gasteiger partial charge in [0.05, 0.1) is 11.8 Å². The van der Waals surface area contributed by atoms with E-state index in [1.807, 2.05) is 19.2 Å². The standard InChI is InChI=1S/C20H24N6O/c1-13-6-14(2)8-17(7-13)22-20-21-5-4-19(23-20)26-10-16(15(3)24-26)9-25-11-18(27)12-25/h4-8,10,18,27H,9,11-12H2,1-3H3,(H,21,22,23). The largest absolute Gasteiger partial charge is 0.390 e. The Hall–Kier alpha value is -2.77. The van der Waals surface area contributed by atoms with Crippen LogP contribution in [0.15, 0.2) is 36.7 Å². The van der Waals surface area contributed by atoms with E-state index in [0.717, 1.165) is 42.4 Å². The maximum absolute atomic E-state index is 9.45. The minimum absolute atomic E-state index is 0.193. The summed E-state index contributed by atoms with van der Waals surface area (Å²) in [5, 5.41) is 17.3. The predicted molar refractivity (Wildman–Crippen MR) is 104 cm³/mol. The molecule has 2 N–H and O–H groups in total. The van der Waals surface area contributed by atoms with E-state index in [1.54, 1.807) is 10.9 Å². The molecule has 0 spiro atoms. The molecule has 2 aromatic heterocycles. The quantitative estimate of drug-likeness (QED) is 0.724. The Morgan fingerprint density at radius 1 is 1.15 bits per heavy atom. The number of aromatic nitrogens is 4. The number of rotatable bonds is 5. The van der Waals surface area contributed by atoms with Crippen LogP contribution in [0.3, 0.4) is 0 Å². The van der Waals surface area contributed by atoms with Gasteiger partial charge in [0.25, 0.3) is 0 Å². The van der Waals surface area contributed by atoms with Crippen molar-refractivity contribution >= 4 is 11.6 Å². The minimum atomic E-state index is -0.193. The van der Waals surface area contributed by atoms with Crippen LogP contribution in [0, 0.1) is 20.8 Å². The van der Waals surface area contributed by atoms with Crippen molar-refractivity contribution in [2.45, 2.75) is 33.4 Å². The zero-order chi connectivity index (χ0) is 19.0. The summed E-state index contributed by atoms with van der Waals surface area (Å²) in [5.74, 6) is 1.26. The van der Waals surface area contributed by atoms with E-state index in [-0.39, 0.29) is 6.10 Å². The third-order valence-electron chi connectivity index (χ3n) is 4.69. The lowest BCUT2D eigenvalue weighted by Crippen LogP contribution is -2.49. The highest BCUT2D eigenvalue weighted by atomic mass is 16.3. The Bertz CT molecular complexity index is 941. The van der Waals surface area contributed by atoms with Crippen molar-refractivity contribution in [2.75, 3.05) is 18.4 Å². The summed E-state index contributed by atoms with van der Waals surface area (Å²) in [7, 11) is 0. The van der Waals surface area contributed by atoms with Gasteiger partial charge in [-0.25, -0.2) is 9.67 Å². The number of nitrogens with zero attached hydrogens (tertiary/aromatic N) is 5. The fourth-order valence-corrected chi connectivity index (χ4v) is 3.39. The summed E-state index contributed by atoms with van der Waals surface area (Å²) >= 11 is 0. The molecule has 7 nitrogen and oxygen atoms in total. The van der Waals surface area contributed by atoms with Crippen molar-refractivity contribution in [1.82, 2.24) is 24.6 Å². The number of aliphatic hydroxyl groups excluding tert-OH is 1. The number of anilines is 2. The highest BCUT2D eigenvalue weighted by molar-refractivity contribution is 5.56. The third kappa shape index (κ3) is 3.99. The number of nitrogens with one attached hydrogen (secondary N) is 1. The van der Waals surface area contributed by atoms with E-state index < -0.39 is 0 Å². The third-order valence-corrected chi connectivity index (χ3v) is 4.69. The fourth-order valence-electron chi connectivity index (χ4n) is 3.39. The summed E-state index contributed by atoms with van der Waals surface area (Å²) in [6, 6.07) is 8.12. The van der Waals surface area contributed by atoms with Crippen molar-refractivity contribution in [3.05, 3.63) is 59.0 Å². The number of aliphatic hydroxyl groups is 1. The Morgan fingerprint density at radius 3 is 2.59 bits per heavy atom. The van der Waals surface area contributed by atoms with Crippen LogP contribution in [-0.2, 0) is 6.54 Å². The first kappa shape index (κ1) is 17.6.